The first-order valence-electron chi connectivity index (χ1n) is 21.5. The van der Waals surface area contributed by atoms with E-state index in [1.165, 1.54) is 44.8 Å². The molecular weight excluding hydrogens is 827 g/mol. The minimum Gasteiger partial charge on any atom is -0.423 e. The van der Waals surface area contributed by atoms with Crippen LogP contribution in [0.4, 0.5) is 0 Å². The Morgan fingerprint density at radius 3 is 1.08 bits per heavy atom. The molecule has 0 spiro atoms. The molecule has 0 saturated heterocycles. The number of halogens is 1. The van der Waals surface area contributed by atoms with E-state index in [2.05, 4.69) is 201 Å². The number of benzene rings is 6. The Labute approximate surface area is 377 Å². The quantitative estimate of drug-likeness (QED) is 0.134. The van der Waals surface area contributed by atoms with Gasteiger partial charge >= 0.3 is 7.12 Å². The Morgan fingerprint density at radius 1 is 0.435 bits per heavy atom. The van der Waals surface area contributed by atoms with Gasteiger partial charge in [0.05, 0.1) is 11.4 Å². The van der Waals surface area contributed by atoms with Gasteiger partial charge in [-0.3, -0.25) is 9.13 Å². The van der Waals surface area contributed by atoms with Crippen LogP contribution in [0.3, 0.4) is 0 Å². The number of hydrogen-bond donors (Lipinski definition) is 2. The number of imidazole rings is 2. The summed E-state index contributed by atoms with van der Waals surface area (Å²) in [5.74, 6) is 3.64. The van der Waals surface area contributed by atoms with Gasteiger partial charge in [-0.1, -0.05) is 193 Å². The van der Waals surface area contributed by atoms with Crippen molar-refractivity contribution in [2.75, 3.05) is 0 Å². The molecule has 0 aliphatic rings. The molecule has 2 heterocycles. The van der Waals surface area contributed by atoms with E-state index in [9.17, 15) is 0 Å². The number of nitrogens with zero attached hydrogens (tertiary/aromatic N) is 4. The number of hydrogen-bond acceptors (Lipinski definition) is 4. The standard InChI is InChI=1S/C27H28N2.C21H23BrN2.C6H7BO2/c1-19(2)24-17-23(21-11-7-5-8-12-21)18-25(20(3)4)26(24)29-16-15-28-27(29)22-13-9-6-10-14-22;1-14(2)18-12-17(22)13-19(15(3)4)20(18)24-11-10-23-21(24)16-8-6-5-7-9-16;8-7(9)6-4-2-1-3-5-6/h5-20H,1-4H3;5-15H,1-4H3;1-5,8-9H. The minimum absolute atomic E-state index is 0.400. The first-order valence-corrected chi connectivity index (χ1v) is 22.3. The normalized spacial score (nSPS) is 11.1. The zero-order valence-corrected chi connectivity index (χ0v) is 38.7. The highest BCUT2D eigenvalue weighted by Gasteiger charge is 2.22. The van der Waals surface area contributed by atoms with Crippen molar-refractivity contribution in [1.29, 1.82) is 0 Å². The number of aromatic nitrogens is 4. The molecule has 8 aromatic rings. The Balaban J connectivity index is 0.000000175. The lowest BCUT2D eigenvalue weighted by atomic mass is 9.81. The van der Waals surface area contributed by atoms with Crippen molar-refractivity contribution in [2.24, 2.45) is 0 Å². The predicted molar refractivity (Wildman–Crippen MR) is 264 cm³/mol. The third-order valence-corrected chi connectivity index (χ3v) is 11.3. The second-order valence-corrected chi connectivity index (χ2v) is 17.6. The molecule has 2 aromatic heterocycles. The van der Waals surface area contributed by atoms with Crippen LogP contribution in [-0.4, -0.2) is 36.3 Å². The van der Waals surface area contributed by atoms with E-state index in [0.717, 1.165) is 27.2 Å². The highest BCUT2D eigenvalue weighted by Crippen LogP contribution is 2.39. The Hall–Kier alpha value is -5.80. The summed E-state index contributed by atoms with van der Waals surface area (Å²) in [6.07, 6.45) is 7.96. The van der Waals surface area contributed by atoms with Crippen LogP contribution in [0.15, 0.2) is 175 Å². The molecule has 0 atom stereocenters. The maximum absolute atomic E-state index is 8.58. The summed E-state index contributed by atoms with van der Waals surface area (Å²) in [6, 6.07) is 49.3. The van der Waals surface area contributed by atoms with Crippen molar-refractivity contribution < 1.29 is 10.0 Å². The third kappa shape index (κ3) is 11.0. The van der Waals surface area contributed by atoms with Gasteiger partial charge in [-0.15, -0.1) is 0 Å². The van der Waals surface area contributed by atoms with E-state index in [1.807, 2.05) is 30.6 Å². The van der Waals surface area contributed by atoms with Crippen LogP contribution >= 0.6 is 15.9 Å². The second-order valence-electron chi connectivity index (χ2n) is 16.7. The summed E-state index contributed by atoms with van der Waals surface area (Å²) >= 11 is 3.69. The molecule has 0 bridgehead atoms. The summed E-state index contributed by atoms with van der Waals surface area (Å²) in [4.78, 5) is 9.34. The van der Waals surface area contributed by atoms with Crippen LogP contribution in [0, 0.1) is 0 Å². The van der Waals surface area contributed by atoms with Crippen LogP contribution in [0.1, 0.15) is 101 Å². The van der Waals surface area contributed by atoms with Crippen LogP contribution in [0.2, 0.25) is 0 Å². The molecule has 8 rings (SSSR count). The fraction of sp³-hybridized carbons (Fsp3) is 0.222. The van der Waals surface area contributed by atoms with E-state index < -0.39 is 7.12 Å². The average molecular weight is 886 g/mol. The highest BCUT2D eigenvalue weighted by molar-refractivity contribution is 9.10. The molecule has 0 amide bonds. The van der Waals surface area contributed by atoms with Gasteiger partial charge < -0.3 is 10.0 Å². The molecule has 0 aliphatic carbocycles. The van der Waals surface area contributed by atoms with E-state index in [4.69, 9.17) is 15.0 Å². The van der Waals surface area contributed by atoms with E-state index >= 15 is 0 Å². The van der Waals surface area contributed by atoms with Crippen molar-refractivity contribution >= 4 is 28.5 Å². The Morgan fingerprint density at radius 2 is 0.758 bits per heavy atom. The molecule has 0 unspecified atom stereocenters. The Kier molecular flexibility index (Phi) is 15.7. The second kappa shape index (κ2) is 21.3. The third-order valence-electron chi connectivity index (χ3n) is 10.8. The summed E-state index contributed by atoms with van der Waals surface area (Å²) < 4.78 is 5.65. The van der Waals surface area contributed by atoms with Gasteiger partial charge in [0.2, 0.25) is 0 Å². The van der Waals surface area contributed by atoms with Crippen molar-refractivity contribution in [2.45, 2.75) is 79.1 Å². The fourth-order valence-electron chi connectivity index (χ4n) is 7.63. The average Bonchev–Trinajstić information content (AvgIpc) is 3.98. The first-order chi connectivity index (χ1) is 29.8. The van der Waals surface area contributed by atoms with Crippen LogP contribution in [-0.2, 0) is 0 Å². The predicted octanol–water partition coefficient (Wildman–Crippen LogP) is 13.4. The molecular formula is C54H58BBrN4O2. The summed E-state index contributed by atoms with van der Waals surface area (Å²) in [5, 5.41) is 17.2. The zero-order valence-electron chi connectivity index (χ0n) is 37.1. The van der Waals surface area contributed by atoms with Gasteiger partial charge in [0, 0.05) is 40.4 Å². The first kappa shape index (κ1) is 45.7. The van der Waals surface area contributed by atoms with Gasteiger partial charge in [0.15, 0.2) is 0 Å². The lowest BCUT2D eigenvalue weighted by Crippen LogP contribution is -2.29. The maximum atomic E-state index is 8.58. The largest absolute Gasteiger partial charge is 0.488 e. The van der Waals surface area contributed by atoms with Crippen LogP contribution in [0.25, 0.3) is 45.3 Å². The lowest BCUT2D eigenvalue weighted by molar-refractivity contribution is 0.426. The Bertz CT molecular complexity index is 2560. The molecule has 2 N–H and O–H groups in total. The lowest BCUT2D eigenvalue weighted by Gasteiger charge is -2.23. The maximum Gasteiger partial charge on any atom is 0.488 e. The van der Waals surface area contributed by atoms with E-state index in [1.54, 1.807) is 24.3 Å². The zero-order chi connectivity index (χ0) is 44.3. The van der Waals surface area contributed by atoms with E-state index in [-0.39, 0.29) is 0 Å². The minimum atomic E-state index is -1.34. The molecule has 0 saturated carbocycles. The molecule has 316 valence electrons. The summed E-state index contributed by atoms with van der Waals surface area (Å²) in [5.41, 5.74) is 13.2. The monoisotopic (exact) mass is 884 g/mol. The molecule has 62 heavy (non-hydrogen) atoms. The van der Waals surface area contributed by atoms with Crippen molar-refractivity contribution in [1.82, 2.24) is 19.1 Å². The molecule has 6 aromatic carbocycles. The topological polar surface area (TPSA) is 76.1 Å². The molecule has 8 heteroatoms. The number of rotatable bonds is 10. The smallest absolute Gasteiger partial charge is 0.423 e. The van der Waals surface area contributed by atoms with Crippen molar-refractivity contribution in [3.63, 3.8) is 0 Å². The van der Waals surface area contributed by atoms with Crippen LogP contribution in [0.5, 0.6) is 0 Å². The van der Waals surface area contributed by atoms with E-state index in [0.29, 0.717) is 29.1 Å². The van der Waals surface area contributed by atoms with Gasteiger partial charge in [-0.05, 0) is 86.8 Å². The van der Waals surface area contributed by atoms with Gasteiger partial charge in [-0.25, -0.2) is 9.97 Å². The fourth-order valence-corrected chi connectivity index (χ4v) is 8.12. The van der Waals surface area contributed by atoms with Crippen LogP contribution < -0.4 is 5.46 Å². The summed E-state index contributed by atoms with van der Waals surface area (Å²) in [6.45, 7) is 18.1. The van der Waals surface area contributed by atoms with Gasteiger partial charge in [0.25, 0.3) is 0 Å². The van der Waals surface area contributed by atoms with Gasteiger partial charge in [-0.2, -0.15) is 0 Å². The van der Waals surface area contributed by atoms with Gasteiger partial charge in [0.1, 0.15) is 11.6 Å². The molecule has 0 aliphatic heterocycles. The molecule has 0 radical (unpaired) electrons. The van der Waals surface area contributed by atoms with Crippen molar-refractivity contribution in [3.05, 3.63) is 197 Å². The highest BCUT2D eigenvalue weighted by atomic mass is 79.9. The summed E-state index contributed by atoms with van der Waals surface area (Å²) in [7, 11) is -1.34. The van der Waals surface area contributed by atoms with Crippen molar-refractivity contribution in [3.8, 4) is 45.3 Å². The molecule has 6 nitrogen and oxygen atoms in total. The SMILES string of the molecule is CC(C)c1cc(-c2ccccc2)cc(C(C)C)c1-n1ccnc1-c1ccccc1.CC(C)c1cc(Br)cc(C(C)C)c1-n1ccnc1-c1ccccc1.OB(O)c1ccccc1. The molecule has 0 fully saturated rings.